The average molecular weight is 270 g/mol. The SMILES string of the molecule is CCN(C(=O)NCC(CC(C)(C)C)C(=O)O)C1CC1. The molecule has 0 bridgehead atoms. The van der Waals surface area contributed by atoms with Gasteiger partial charge in [-0.1, -0.05) is 20.8 Å². The fourth-order valence-corrected chi connectivity index (χ4v) is 2.25. The van der Waals surface area contributed by atoms with Crippen molar-refractivity contribution in [1.82, 2.24) is 10.2 Å². The summed E-state index contributed by atoms with van der Waals surface area (Å²) in [5.74, 6) is -1.37. The summed E-state index contributed by atoms with van der Waals surface area (Å²) in [5.41, 5.74) is -0.0608. The summed E-state index contributed by atoms with van der Waals surface area (Å²) in [4.78, 5) is 25.0. The van der Waals surface area contributed by atoms with Crippen LogP contribution >= 0.6 is 0 Å². The first kappa shape index (κ1) is 15.8. The zero-order chi connectivity index (χ0) is 14.6. The van der Waals surface area contributed by atoms with Gasteiger partial charge in [-0.2, -0.15) is 0 Å². The summed E-state index contributed by atoms with van der Waals surface area (Å²) in [7, 11) is 0. The average Bonchev–Trinajstić information content (AvgIpc) is 3.07. The quantitative estimate of drug-likeness (QED) is 0.778. The molecule has 0 aliphatic heterocycles. The monoisotopic (exact) mass is 270 g/mol. The van der Waals surface area contributed by atoms with Gasteiger partial charge >= 0.3 is 12.0 Å². The predicted molar refractivity (Wildman–Crippen MR) is 74.0 cm³/mol. The molecule has 0 aromatic rings. The summed E-state index contributed by atoms with van der Waals surface area (Å²) < 4.78 is 0. The van der Waals surface area contributed by atoms with Crippen LogP contribution in [0.25, 0.3) is 0 Å². The minimum Gasteiger partial charge on any atom is -0.481 e. The summed E-state index contributed by atoms with van der Waals surface area (Å²) >= 11 is 0. The fourth-order valence-electron chi connectivity index (χ4n) is 2.25. The molecule has 1 fully saturated rings. The van der Waals surface area contributed by atoms with Crippen LogP contribution in [0.15, 0.2) is 0 Å². The molecule has 0 radical (unpaired) electrons. The fraction of sp³-hybridized carbons (Fsp3) is 0.857. The first-order chi connectivity index (χ1) is 8.74. The molecule has 2 N–H and O–H groups in total. The molecule has 0 aromatic carbocycles. The van der Waals surface area contributed by atoms with Crippen LogP contribution in [0, 0.1) is 11.3 Å². The van der Waals surface area contributed by atoms with Crippen molar-refractivity contribution in [3.05, 3.63) is 0 Å². The lowest BCUT2D eigenvalue weighted by molar-refractivity contribution is -0.142. The van der Waals surface area contributed by atoms with E-state index < -0.39 is 11.9 Å². The lowest BCUT2D eigenvalue weighted by atomic mass is 9.84. The molecule has 2 amide bonds. The summed E-state index contributed by atoms with van der Waals surface area (Å²) in [6.45, 7) is 8.85. The van der Waals surface area contributed by atoms with Gasteiger partial charge in [0.15, 0.2) is 0 Å². The highest BCUT2D eigenvalue weighted by Gasteiger charge is 2.32. The molecule has 0 aromatic heterocycles. The largest absolute Gasteiger partial charge is 0.481 e. The number of urea groups is 1. The molecular weight excluding hydrogens is 244 g/mol. The molecule has 1 aliphatic carbocycles. The van der Waals surface area contributed by atoms with Gasteiger partial charge in [-0.3, -0.25) is 4.79 Å². The zero-order valence-corrected chi connectivity index (χ0v) is 12.4. The van der Waals surface area contributed by atoms with Gasteiger partial charge in [-0.25, -0.2) is 4.79 Å². The number of rotatable bonds is 6. The van der Waals surface area contributed by atoms with E-state index in [-0.39, 0.29) is 18.0 Å². The zero-order valence-electron chi connectivity index (χ0n) is 12.4. The lowest BCUT2D eigenvalue weighted by Crippen LogP contribution is -2.44. The number of nitrogens with zero attached hydrogens (tertiary/aromatic N) is 1. The third-order valence-electron chi connectivity index (χ3n) is 3.30. The highest BCUT2D eigenvalue weighted by Crippen LogP contribution is 2.27. The van der Waals surface area contributed by atoms with Gasteiger partial charge < -0.3 is 15.3 Å². The van der Waals surface area contributed by atoms with Crippen molar-refractivity contribution in [2.24, 2.45) is 11.3 Å². The van der Waals surface area contributed by atoms with Crippen molar-refractivity contribution in [3.63, 3.8) is 0 Å². The number of carboxylic acid groups (broad SMARTS) is 1. The van der Waals surface area contributed by atoms with Crippen molar-refractivity contribution in [1.29, 1.82) is 0 Å². The van der Waals surface area contributed by atoms with E-state index in [0.29, 0.717) is 19.0 Å². The van der Waals surface area contributed by atoms with Crippen LogP contribution in [0.1, 0.15) is 47.0 Å². The van der Waals surface area contributed by atoms with Gasteiger partial charge in [0.1, 0.15) is 0 Å². The van der Waals surface area contributed by atoms with Crippen molar-refractivity contribution in [2.45, 2.75) is 53.0 Å². The van der Waals surface area contributed by atoms with E-state index in [1.807, 2.05) is 27.7 Å². The van der Waals surface area contributed by atoms with Crippen molar-refractivity contribution in [2.75, 3.05) is 13.1 Å². The lowest BCUT2D eigenvalue weighted by Gasteiger charge is -2.25. The molecule has 5 nitrogen and oxygen atoms in total. The first-order valence-electron chi connectivity index (χ1n) is 7.02. The topological polar surface area (TPSA) is 69.6 Å². The molecule has 19 heavy (non-hydrogen) atoms. The molecule has 1 atom stereocenters. The molecule has 0 heterocycles. The Morgan fingerprint density at radius 3 is 2.32 bits per heavy atom. The van der Waals surface area contributed by atoms with Crippen LogP contribution in [0.2, 0.25) is 0 Å². The van der Waals surface area contributed by atoms with Gasteiger partial charge in [0, 0.05) is 19.1 Å². The Hall–Kier alpha value is -1.26. The Labute approximate surface area is 115 Å². The summed E-state index contributed by atoms with van der Waals surface area (Å²) in [6.07, 6.45) is 2.68. The predicted octanol–water partition coefficient (Wildman–Crippen LogP) is 2.32. The Morgan fingerprint density at radius 2 is 1.95 bits per heavy atom. The molecule has 1 rings (SSSR count). The smallest absolute Gasteiger partial charge is 0.317 e. The van der Waals surface area contributed by atoms with E-state index in [0.717, 1.165) is 12.8 Å². The Morgan fingerprint density at radius 1 is 1.37 bits per heavy atom. The maximum absolute atomic E-state index is 12.0. The second-order valence-corrected chi connectivity index (χ2v) is 6.50. The molecule has 1 aliphatic rings. The third kappa shape index (κ3) is 5.49. The molecule has 1 saturated carbocycles. The van der Waals surface area contributed by atoms with Gasteiger partial charge in [0.05, 0.1) is 5.92 Å². The van der Waals surface area contributed by atoms with Gasteiger partial charge in [-0.15, -0.1) is 0 Å². The minimum atomic E-state index is -0.843. The molecular formula is C14H26N2O3. The van der Waals surface area contributed by atoms with Gasteiger partial charge in [-0.05, 0) is 31.6 Å². The van der Waals surface area contributed by atoms with Gasteiger partial charge in [0.25, 0.3) is 0 Å². The van der Waals surface area contributed by atoms with Gasteiger partial charge in [0.2, 0.25) is 0 Å². The number of carbonyl (C=O) groups excluding carboxylic acids is 1. The highest BCUT2D eigenvalue weighted by molar-refractivity contribution is 5.76. The molecule has 110 valence electrons. The van der Waals surface area contributed by atoms with Crippen LogP contribution in [-0.2, 0) is 4.79 Å². The Bertz CT molecular complexity index is 332. The standard InChI is InChI=1S/C14H26N2O3/c1-5-16(11-6-7-11)13(19)15-9-10(12(17)18)8-14(2,3)4/h10-11H,5-9H2,1-4H3,(H,15,19)(H,17,18). The van der Waals surface area contributed by atoms with Crippen LogP contribution in [0.5, 0.6) is 0 Å². The number of carbonyl (C=O) groups is 2. The molecule has 5 heteroatoms. The molecule has 0 saturated heterocycles. The van der Waals surface area contributed by atoms with E-state index >= 15 is 0 Å². The van der Waals surface area contributed by atoms with Crippen molar-refractivity contribution < 1.29 is 14.7 Å². The third-order valence-corrected chi connectivity index (χ3v) is 3.30. The number of amides is 2. The summed E-state index contributed by atoms with van der Waals surface area (Å²) in [5, 5.41) is 12.0. The maximum Gasteiger partial charge on any atom is 0.317 e. The van der Waals surface area contributed by atoms with Crippen LogP contribution in [-0.4, -0.2) is 41.1 Å². The Balaban J connectivity index is 2.46. The van der Waals surface area contributed by atoms with E-state index in [1.165, 1.54) is 0 Å². The first-order valence-corrected chi connectivity index (χ1v) is 7.02. The van der Waals surface area contributed by atoms with E-state index in [2.05, 4.69) is 5.32 Å². The maximum atomic E-state index is 12.0. The number of hydrogen-bond donors (Lipinski definition) is 2. The van der Waals surface area contributed by atoms with Crippen LogP contribution in [0.3, 0.4) is 0 Å². The van der Waals surface area contributed by atoms with Crippen molar-refractivity contribution in [3.8, 4) is 0 Å². The van der Waals surface area contributed by atoms with E-state index in [1.54, 1.807) is 4.90 Å². The number of hydrogen-bond acceptors (Lipinski definition) is 2. The van der Waals surface area contributed by atoms with Crippen LogP contribution in [0.4, 0.5) is 4.79 Å². The normalized spacial score (nSPS) is 16.8. The van der Waals surface area contributed by atoms with Crippen molar-refractivity contribution >= 4 is 12.0 Å². The van der Waals surface area contributed by atoms with Crippen LogP contribution < -0.4 is 5.32 Å². The molecule has 0 spiro atoms. The minimum absolute atomic E-state index is 0.0608. The second-order valence-electron chi connectivity index (χ2n) is 6.50. The number of nitrogens with one attached hydrogen (secondary N) is 1. The number of carboxylic acids is 1. The second kappa shape index (κ2) is 6.26. The molecule has 1 unspecified atom stereocenters. The number of aliphatic carboxylic acids is 1. The summed E-state index contributed by atoms with van der Waals surface area (Å²) in [6, 6.07) is 0.223. The van der Waals surface area contributed by atoms with E-state index in [9.17, 15) is 14.7 Å². The highest BCUT2D eigenvalue weighted by atomic mass is 16.4. The van der Waals surface area contributed by atoms with E-state index in [4.69, 9.17) is 0 Å². The Kier molecular flexibility index (Phi) is 5.20.